The summed E-state index contributed by atoms with van der Waals surface area (Å²) >= 11 is 0. The van der Waals surface area contributed by atoms with Gasteiger partial charge in [-0.1, -0.05) is 26.0 Å². The van der Waals surface area contributed by atoms with Gasteiger partial charge in [0.1, 0.15) is 0 Å². The number of terminal acetylenes is 1. The van der Waals surface area contributed by atoms with Crippen molar-refractivity contribution in [3.63, 3.8) is 0 Å². The van der Waals surface area contributed by atoms with E-state index in [2.05, 4.69) is 23.4 Å². The summed E-state index contributed by atoms with van der Waals surface area (Å²) in [6.07, 6.45) is 10.5. The Hall–Kier alpha value is -1.49. The largest absolute Gasteiger partial charge is 0.334 e. The summed E-state index contributed by atoms with van der Waals surface area (Å²) < 4.78 is 2.01. The van der Waals surface area contributed by atoms with Crippen LogP contribution >= 0.6 is 0 Å². The van der Waals surface area contributed by atoms with Crippen molar-refractivity contribution in [1.82, 2.24) is 9.55 Å². The summed E-state index contributed by atoms with van der Waals surface area (Å²) in [5.41, 5.74) is 0. The van der Waals surface area contributed by atoms with Crippen molar-refractivity contribution < 1.29 is 0 Å². The first-order valence-corrected chi connectivity index (χ1v) is 5.18. The number of rotatable bonds is 0. The predicted octanol–water partition coefficient (Wildman–Crippen LogP) is 1.69. The Kier molecular flexibility index (Phi) is 11.3. The lowest BCUT2D eigenvalue weighted by Gasteiger charge is -1.84. The van der Waals surface area contributed by atoms with Crippen LogP contribution in [0.3, 0.4) is 0 Å². The van der Waals surface area contributed by atoms with E-state index in [1.54, 1.807) is 6.92 Å². The minimum Gasteiger partial charge on any atom is -0.334 e. The topological polar surface area (TPSA) is 17.8 Å². The van der Waals surface area contributed by atoms with Gasteiger partial charge in [-0.3, -0.25) is 0 Å². The van der Waals surface area contributed by atoms with E-state index in [0.29, 0.717) is 0 Å². The van der Waals surface area contributed by atoms with Crippen LogP contribution in [0.2, 0.25) is 0 Å². The van der Waals surface area contributed by atoms with Crippen LogP contribution < -0.4 is 10.7 Å². The Balaban J connectivity index is 0. The van der Waals surface area contributed by atoms with Gasteiger partial charge in [0, 0.05) is 7.05 Å². The molecule has 2 nitrogen and oxygen atoms in total. The Morgan fingerprint density at radius 2 is 1.80 bits per heavy atom. The number of nitrogens with zero attached hydrogens (tertiary/aromatic N) is 2. The highest BCUT2D eigenvalue weighted by Crippen LogP contribution is 1.64. The summed E-state index contributed by atoms with van der Waals surface area (Å²) in [6.45, 7) is 9.67. The molecule has 1 rings (SSSR count). The maximum atomic E-state index is 4.60. The van der Waals surface area contributed by atoms with Crippen LogP contribution in [0, 0.1) is 12.3 Å². The normalized spacial score (nSPS) is 10.7. The van der Waals surface area contributed by atoms with Crippen LogP contribution in [0.5, 0.6) is 0 Å². The van der Waals surface area contributed by atoms with Crippen molar-refractivity contribution >= 4 is 12.2 Å². The van der Waals surface area contributed by atoms with E-state index in [4.69, 9.17) is 0 Å². The van der Waals surface area contributed by atoms with E-state index in [1.165, 1.54) is 5.35 Å². The van der Waals surface area contributed by atoms with E-state index in [9.17, 15) is 0 Å². The third-order valence-electron chi connectivity index (χ3n) is 1.56. The summed E-state index contributed by atoms with van der Waals surface area (Å²) in [6, 6.07) is 0. The van der Waals surface area contributed by atoms with Crippen molar-refractivity contribution in [2.45, 2.75) is 34.6 Å². The van der Waals surface area contributed by atoms with Gasteiger partial charge in [-0.2, -0.15) is 0 Å². The molecule has 0 aliphatic carbocycles. The van der Waals surface area contributed by atoms with Crippen molar-refractivity contribution in [2.75, 3.05) is 0 Å². The van der Waals surface area contributed by atoms with Gasteiger partial charge in [-0.25, -0.2) is 4.98 Å². The van der Waals surface area contributed by atoms with Gasteiger partial charge >= 0.3 is 0 Å². The standard InChI is InChI=1S/C8H12N2.C3H4.C2H6/c1-4-7-8(5-2)10(3)6-9-7;1-3-2;1-2/h4-6H,1-3H3;1H,2H3;1-2H3/b7-4+,8-5+;;. The molecule has 0 fully saturated rings. The molecule has 0 unspecified atom stereocenters. The van der Waals surface area contributed by atoms with Crippen molar-refractivity contribution in [1.29, 1.82) is 0 Å². The zero-order chi connectivity index (χ0) is 12.3. The second-order valence-corrected chi connectivity index (χ2v) is 2.49. The Bertz CT molecular complexity index is 391. The molecule has 0 amide bonds. The summed E-state index contributed by atoms with van der Waals surface area (Å²) in [4.78, 5) is 4.18. The second-order valence-electron chi connectivity index (χ2n) is 2.49. The molecule has 0 spiro atoms. The van der Waals surface area contributed by atoms with E-state index in [0.717, 1.165) is 5.35 Å². The van der Waals surface area contributed by atoms with Crippen LogP contribution in [0.1, 0.15) is 34.6 Å². The summed E-state index contributed by atoms with van der Waals surface area (Å²) in [5, 5.41) is 2.24. The fourth-order valence-electron chi connectivity index (χ4n) is 1.03. The molecule has 2 heteroatoms. The Labute approximate surface area is 93.4 Å². The summed E-state index contributed by atoms with van der Waals surface area (Å²) in [5.74, 6) is 2.25. The minimum absolute atomic E-state index is 1.06. The summed E-state index contributed by atoms with van der Waals surface area (Å²) in [7, 11) is 2.00. The molecule has 0 aromatic carbocycles. The Morgan fingerprint density at radius 1 is 1.33 bits per heavy atom. The van der Waals surface area contributed by atoms with Crippen LogP contribution in [0.4, 0.5) is 0 Å². The molecule has 84 valence electrons. The third-order valence-corrected chi connectivity index (χ3v) is 1.56. The van der Waals surface area contributed by atoms with E-state index >= 15 is 0 Å². The molecular formula is C13H22N2. The highest BCUT2D eigenvalue weighted by molar-refractivity contribution is 5.21. The van der Waals surface area contributed by atoms with Gasteiger partial charge in [-0.15, -0.1) is 12.3 Å². The number of aromatic nitrogens is 2. The first-order valence-electron chi connectivity index (χ1n) is 5.18. The predicted molar refractivity (Wildman–Crippen MR) is 68.6 cm³/mol. The van der Waals surface area contributed by atoms with Crippen LogP contribution in [-0.2, 0) is 7.05 Å². The minimum atomic E-state index is 1.06. The number of imidazole rings is 1. The molecule has 0 bridgehead atoms. The average Bonchev–Trinajstić information content (AvgIpc) is 2.63. The van der Waals surface area contributed by atoms with E-state index in [1.807, 2.05) is 51.7 Å². The second kappa shape index (κ2) is 10.6. The lowest BCUT2D eigenvalue weighted by atomic mass is 10.4. The first kappa shape index (κ1) is 16.0. The van der Waals surface area contributed by atoms with Gasteiger partial charge in [0.05, 0.1) is 17.0 Å². The van der Waals surface area contributed by atoms with E-state index in [-0.39, 0.29) is 0 Å². The molecule has 1 heterocycles. The number of aryl methyl sites for hydroxylation is 1. The van der Waals surface area contributed by atoms with Crippen LogP contribution in [-0.4, -0.2) is 9.55 Å². The lowest BCUT2D eigenvalue weighted by molar-refractivity contribution is 0.880. The quantitative estimate of drug-likeness (QED) is 0.591. The Morgan fingerprint density at radius 3 is 2.07 bits per heavy atom. The van der Waals surface area contributed by atoms with Gasteiger partial charge in [0.15, 0.2) is 0 Å². The van der Waals surface area contributed by atoms with Crippen LogP contribution in [0.15, 0.2) is 6.33 Å². The van der Waals surface area contributed by atoms with Gasteiger partial charge in [-0.05, 0) is 20.8 Å². The highest BCUT2D eigenvalue weighted by atomic mass is 15.0. The van der Waals surface area contributed by atoms with Gasteiger partial charge in [0.2, 0.25) is 0 Å². The zero-order valence-electron chi connectivity index (χ0n) is 10.7. The maximum Gasteiger partial charge on any atom is 0.0955 e. The SMILES string of the molecule is C#CC.C/C=c1/ncn(C)/c1=C/C.CC. The molecule has 0 aliphatic rings. The number of hydrogen-bond acceptors (Lipinski definition) is 1. The van der Waals surface area contributed by atoms with Crippen LogP contribution in [0.25, 0.3) is 12.2 Å². The smallest absolute Gasteiger partial charge is 0.0955 e. The van der Waals surface area contributed by atoms with E-state index < -0.39 is 0 Å². The molecule has 0 radical (unpaired) electrons. The highest BCUT2D eigenvalue weighted by Gasteiger charge is 1.87. The molecule has 0 saturated carbocycles. The molecule has 0 N–H and O–H groups in total. The van der Waals surface area contributed by atoms with Crippen molar-refractivity contribution in [3.05, 3.63) is 17.0 Å². The third kappa shape index (κ3) is 5.74. The van der Waals surface area contributed by atoms with Crippen molar-refractivity contribution in [2.24, 2.45) is 7.05 Å². The molecular weight excluding hydrogens is 184 g/mol. The number of hydrogen-bond donors (Lipinski definition) is 0. The zero-order valence-corrected chi connectivity index (χ0v) is 10.7. The molecule has 1 aromatic heterocycles. The molecule has 0 atom stereocenters. The van der Waals surface area contributed by atoms with Crippen molar-refractivity contribution in [3.8, 4) is 12.3 Å². The molecule has 0 aliphatic heterocycles. The van der Waals surface area contributed by atoms with Gasteiger partial charge < -0.3 is 4.57 Å². The van der Waals surface area contributed by atoms with Gasteiger partial charge in [0.25, 0.3) is 0 Å². The fraction of sp³-hybridized carbons (Fsp3) is 0.462. The molecule has 15 heavy (non-hydrogen) atoms. The average molecular weight is 206 g/mol. The molecule has 1 aromatic rings. The lowest BCUT2D eigenvalue weighted by Crippen LogP contribution is -2.27. The monoisotopic (exact) mass is 206 g/mol. The maximum absolute atomic E-state index is 4.60. The first-order chi connectivity index (χ1) is 7.21. The fourth-order valence-corrected chi connectivity index (χ4v) is 1.03. The molecule has 0 saturated heterocycles.